The summed E-state index contributed by atoms with van der Waals surface area (Å²) < 4.78 is 26.6. The molecule has 1 N–H and O–H groups in total. The molecule has 0 aliphatic rings. The second kappa shape index (κ2) is 8.42. The number of nitrogens with zero attached hydrogens (tertiary/aromatic N) is 2. The van der Waals surface area contributed by atoms with Crippen molar-refractivity contribution in [3.05, 3.63) is 29.3 Å². The predicted octanol–water partition coefficient (Wildman–Crippen LogP) is 1.48. The van der Waals surface area contributed by atoms with Crippen molar-refractivity contribution in [1.82, 2.24) is 9.21 Å². The fourth-order valence-electron chi connectivity index (χ4n) is 2.40. The van der Waals surface area contributed by atoms with Crippen LogP contribution in [0.1, 0.15) is 36.7 Å². The number of hydrogen-bond donors (Lipinski definition) is 1. The van der Waals surface area contributed by atoms with E-state index in [1.54, 1.807) is 26.8 Å². The lowest BCUT2D eigenvalue weighted by Crippen LogP contribution is -2.34. The maximum absolute atomic E-state index is 12.6. The third kappa shape index (κ3) is 4.31. The Morgan fingerprint density at radius 1 is 1.13 bits per heavy atom. The van der Waals surface area contributed by atoms with Gasteiger partial charge in [-0.15, -0.1) is 0 Å². The van der Waals surface area contributed by atoms with Crippen LogP contribution >= 0.6 is 0 Å². The lowest BCUT2D eigenvalue weighted by Gasteiger charge is -2.22. The molecule has 7 heteroatoms. The average molecular weight is 342 g/mol. The highest BCUT2D eigenvalue weighted by atomic mass is 32.2. The molecule has 1 rings (SSSR count). The van der Waals surface area contributed by atoms with Gasteiger partial charge >= 0.3 is 0 Å². The lowest BCUT2D eigenvalue weighted by molar-refractivity contribution is 0.0731. The Bertz CT molecular complexity index is 639. The Labute approximate surface area is 138 Å². The first-order valence-corrected chi connectivity index (χ1v) is 9.28. The van der Waals surface area contributed by atoms with Crippen LogP contribution in [0.2, 0.25) is 0 Å². The van der Waals surface area contributed by atoms with E-state index in [0.29, 0.717) is 30.8 Å². The van der Waals surface area contributed by atoms with Crippen molar-refractivity contribution >= 4 is 15.9 Å². The standard InChI is InChI=1S/C16H26N2O4S/c1-5-17(10-11-19)16(20)15-12-14(9-8-13(15)4)23(21,22)18(6-2)7-3/h8-9,12,19H,5-7,10-11H2,1-4H3. The first-order valence-electron chi connectivity index (χ1n) is 7.84. The zero-order valence-electron chi connectivity index (χ0n) is 14.2. The summed E-state index contributed by atoms with van der Waals surface area (Å²) in [7, 11) is -3.61. The van der Waals surface area contributed by atoms with Gasteiger partial charge in [-0.1, -0.05) is 19.9 Å². The van der Waals surface area contributed by atoms with Crippen molar-refractivity contribution in [1.29, 1.82) is 0 Å². The monoisotopic (exact) mass is 342 g/mol. The number of amides is 1. The number of carbonyl (C=O) groups excluding carboxylic acids is 1. The van der Waals surface area contributed by atoms with Gasteiger partial charge in [-0.05, 0) is 31.5 Å². The van der Waals surface area contributed by atoms with Crippen LogP contribution < -0.4 is 0 Å². The molecule has 0 aliphatic carbocycles. The minimum absolute atomic E-state index is 0.121. The zero-order valence-corrected chi connectivity index (χ0v) is 15.1. The molecular formula is C16H26N2O4S. The molecule has 0 spiro atoms. The summed E-state index contributed by atoms with van der Waals surface area (Å²) in [5.41, 5.74) is 1.07. The summed E-state index contributed by atoms with van der Waals surface area (Å²) in [4.78, 5) is 14.2. The Kier molecular flexibility index (Phi) is 7.18. The largest absolute Gasteiger partial charge is 0.395 e. The third-order valence-electron chi connectivity index (χ3n) is 3.82. The maximum atomic E-state index is 12.6. The van der Waals surface area contributed by atoms with E-state index >= 15 is 0 Å². The van der Waals surface area contributed by atoms with Gasteiger partial charge in [0.15, 0.2) is 0 Å². The van der Waals surface area contributed by atoms with Crippen LogP contribution in [0, 0.1) is 6.92 Å². The highest BCUT2D eigenvalue weighted by molar-refractivity contribution is 7.89. The minimum Gasteiger partial charge on any atom is -0.395 e. The van der Waals surface area contributed by atoms with Gasteiger partial charge in [-0.2, -0.15) is 4.31 Å². The Morgan fingerprint density at radius 3 is 2.22 bits per heavy atom. The first-order chi connectivity index (χ1) is 10.8. The first kappa shape index (κ1) is 19.6. The zero-order chi connectivity index (χ0) is 17.6. The van der Waals surface area contributed by atoms with Crippen molar-refractivity contribution in [2.75, 3.05) is 32.8 Å². The van der Waals surface area contributed by atoms with Crippen LogP contribution in [-0.2, 0) is 10.0 Å². The van der Waals surface area contributed by atoms with Crippen molar-refractivity contribution in [3.8, 4) is 0 Å². The van der Waals surface area contributed by atoms with Crippen LogP contribution in [-0.4, -0.2) is 61.4 Å². The summed E-state index contributed by atoms with van der Waals surface area (Å²) in [6.07, 6.45) is 0. The fourth-order valence-corrected chi connectivity index (χ4v) is 3.88. The van der Waals surface area contributed by atoms with E-state index in [0.717, 1.165) is 0 Å². The number of hydrogen-bond acceptors (Lipinski definition) is 4. The molecule has 0 bridgehead atoms. The van der Waals surface area contributed by atoms with Gasteiger partial charge in [0.05, 0.1) is 11.5 Å². The van der Waals surface area contributed by atoms with Crippen molar-refractivity contribution < 1.29 is 18.3 Å². The predicted molar refractivity (Wildman–Crippen MR) is 89.9 cm³/mol. The molecule has 0 atom stereocenters. The Balaban J connectivity index is 3.30. The smallest absolute Gasteiger partial charge is 0.254 e. The van der Waals surface area contributed by atoms with E-state index in [9.17, 15) is 13.2 Å². The number of aliphatic hydroxyl groups is 1. The minimum atomic E-state index is -3.61. The topological polar surface area (TPSA) is 77.9 Å². The van der Waals surface area contributed by atoms with Crippen LogP contribution in [0.15, 0.2) is 23.1 Å². The number of aliphatic hydroxyl groups excluding tert-OH is 1. The molecule has 6 nitrogen and oxygen atoms in total. The van der Waals surface area contributed by atoms with Gasteiger partial charge in [-0.3, -0.25) is 4.79 Å². The summed E-state index contributed by atoms with van der Waals surface area (Å²) in [5.74, 6) is -0.268. The Morgan fingerprint density at radius 2 is 1.74 bits per heavy atom. The van der Waals surface area contributed by atoms with Crippen LogP contribution in [0.3, 0.4) is 0 Å². The molecule has 0 saturated carbocycles. The molecule has 23 heavy (non-hydrogen) atoms. The van der Waals surface area contributed by atoms with Gasteiger partial charge in [-0.25, -0.2) is 8.42 Å². The highest BCUT2D eigenvalue weighted by Gasteiger charge is 2.24. The van der Waals surface area contributed by atoms with Gasteiger partial charge in [0.25, 0.3) is 5.91 Å². The average Bonchev–Trinajstić information content (AvgIpc) is 2.53. The van der Waals surface area contributed by atoms with Crippen molar-refractivity contribution in [2.24, 2.45) is 0 Å². The third-order valence-corrected chi connectivity index (χ3v) is 5.87. The summed E-state index contributed by atoms with van der Waals surface area (Å²) in [5, 5.41) is 9.06. The summed E-state index contributed by atoms with van der Waals surface area (Å²) in [6, 6.07) is 4.61. The molecule has 0 radical (unpaired) electrons. The molecule has 1 amide bonds. The van der Waals surface area contributed by atoms with Gasteiger partial charge < -0.3 is 10.0 Å². The van der Waals surface area contributed by atoms with Crippen LogP contribution in [0.25, 0.3) is 0 Å². The number of sulfonamides is 1. The number of benzene rings is 1. The SMILES string of the molecule is CCN(CCO)C(=O)c1cc(S(=O)(=O)N(CC)CC)ccc1C. The number of carbonyl (C=O) groups is 1. The van der Waals surface area contributed by atoms with E-state index in [1.807, 2.05) is 6.92 Å². The fraction of sp³-hybridized carbons (Fsp3) is 0.562. The molecule has 130 valence electrons. The van der Waals surface area contributed by atoms with E-state index in [2.05, 4.69) is 0 Å². The van der Waals surface area contributed by atoms with E-state index < -0.39 is 10.0 Å². The van der Waals surface area contributed by atoms with Gasteiger partial charge in [0, 0.05) is 31.7 Å². The molecular weight excluding hydrogens is 316 g/mol. The molecule has 0 saturated heterocycles. The van der Waals surface area contributed by atoms with E-state index in [-0.39, 0.29) is 24.0 Å². The lowest BCUT2D eigenvalue weighted by atomic mass is 10.1. The van der Waals surface area contributed by atoms with Gasteiger partial charge in [0.1, 0.15) is 0 Å². The molecule has 1 aromatic carbocycles. The highest BCUT2D eigenvalue weighted by Crippen LogP contribution is 2.20. The molecule has 0 unspecified atom stereocenters. The van der Waals surface area contributed by atoms with Crippen molar-refractivity contribution in [3.63, 3.8) is 0 Å². The Hall–Kier alpha value is -1.44. The summed E-state index contributed by atoms with van der Waals surface area (Å²) in [6.45, 7) is 8.45. The van der Waals surface area contributed by atoms with Gasteiger partial charge in [0.2, 0.25) is 10.0 Å². The van der Waals surface area contributed by atoms with E-state index in [1.165, 1.54) is 21.3 Å². The number of likely N-dealkylation sites (N-methyl/N-ethyl adjacent to an activating group) is 1. The van der Waals surface area contributed by atoms with Crippen LogP contribution in [0.4, 0.5) is 0 Å². The van der Waals surface area contributed by atoms with E-state index in [4.69, 9.17) is 5.11 Å². The summed E-state index contributed by atoms with van der Waals surface area (Å²) >= 11 is 0. The molecule has 1 aromatic rings. The van der Waals surface area contributed by atoms with Crippen molar-refractivity contribution in [2.45, 2.75) is 32.6 Å². The number of rotatable bonds is 8. The maximum Gasteiger partial charge on any atom is 0.254 e. The second-order valence-corrected chi connectivity index (χ2v) is 7.11. The molecule has 0 aromatic heterocycles. The quantitative estimate of drug-likeness (QED) is 0.776. The second-order valence-electron chi connectivity index (χ2n) is 5.17. The molecule has 0 fully saturated rings. The molecule has 0 heterocycles. The van der Waals surface area contributed by atoms with Crippen LogP contribution in [0.5, 0.6) is 0 Å². The number of aryl methyl sites for hydroxylation is 1. The normalized spacial score (nSPS) is 11.7. The molecule has 0 aliphatic heterocycles.